The van der Waals surface area contributed by atoms with Crippen molar-refractivity contribution in [1.82, 2.24) is 9.88 Å². The fourth-order valence-corrected chi connectivity index (χ4v) is 2.90. The highest BCUT2D eigenvalue weighted by atomic mass is 16.3. The summed E-state index contributed by atoms with van der Waals surface area (Å²) >= 11 is 0. The van der Waals surface area contributed by atoms with Gasteiger partial charge in [-0.3, -0.25) is 4.79 Å². The van der Waals surface area contributed by atoms with Gasteiger partial charge in [-0.1, -0.05) is 32.0 Å². The summed E-state index contributed by atoms with van der Waals surface area (Å²) in [5.74, 6) is 0.481. The second-order valence-electron chi connectivity index (χ2n) is 6.95. The van der Waals surface area contributed by atoms with E-state index < -0.39 is 0 Å². The molecule has 0 radical (unpaired) electrons. The van der Waals surface area contributed by atoms with Crippen LogP contribution in [0.5, 0.6) is 0 Å². The molecular formula is C18H24N2O2. The number of carbonyl (C=O) groups excluding carboxylic acids is 1. The Morgan fingerprint density at radius 2 is 2.09 bits per heavy atom. The summed E-state index contributed by atoms with van der Waals surface area (Å²) in [5, 5.41) is 13.4. The van der Waals surface area contributed by atoms with E-state index in [0.29, 0.717) is 12.5 Å². The van der Waals surface area contributed by atoms with E-state index in [1.165, 1.54) is 0 Å². The summed E-state index contributed by atoms with van der Waals surface area (Å²) in [6.45, 7) is 5.96. The van der Waals surface area contributed by atoms with Gasteiger partial charge >= 0.3 is 0 Å². The number of aliphatic hydroxyl groups is 1. The van der Waals surface area contributed by atoms with Crippen molar-refractivity contribution < 1.29 is 9.90 Å². The van der Waals surface area contributed by atoms with E-state index in [0.717, 1.165) is 35.9 Å². The van der Waals surface area contributed by atoms with Crippen molar-refractivity contribution in [3.8, 4) is 0 Å². The lowest BCUT2D eigenvalue weighted by atomic mass is 10.1. The van der Waals surface area contributed by atoms with Crippen molar-refractivity contribution in [3.05, 3.63) is 36.0 Å². The molecule has 2 N–H and O–H groups in total. The third-order valence-electron chi connectivity index (χ3n) is 4.51. The van der Waals surface area contributed by atoms with Crippen molar-refractivity contribution in [3.63, 3.8) is 0 Å². The van der Waals surface area contributed by atoms with Crippen LogP contribution in [0.3, 0.4) is 0 Å². The zero-order valence-corrected chi connectivity index (χ0v) is 13.3. The molecule has 1 saturated carbocycles. The number of hydrogen-bond donors (Lipinski definition) is 2. The molecule has 0 spiro atoms. The van der Waals surface area contributed by atoms with Crippen LogP contribution >= 0.6 is 0 Å². The number of aromatic nitrogens is 1. The molecule has 0 unspecified atom stereocenters. The van der Waals surface area contributed by atoms with Crippen LogP contribution in [-0.2, 0) is 6.54 Å². The van der Waals surface area contributed by atoms with E-state index >= 15 is 0 Å². The molecule has 1 fully saturated rings. The zero-order chi connectivity index (χ0) is 15.7. The number of aliphatic hydroxyl groups excluding tert-OH is 1. The Morgan fingerprint density at radius 3 is 2.73 bits per heavy atom. The number of rotatable bonds is 6. The van der Waals surface area contributed by atoms with Gasteiger partial charge < -0.3 is 15.0 Å². The Bertz CT molecular complexity index is 683. The Kier molecular flexibility index (Phi) is 3.96. The van der Waals surface area contributed by atoms with Crippen LogP contribution in [0.2, 0.25) is 0 Å². The van der Waals surface area contributed by atoms with Gasteiger partial charge in [0.2, 0.25) is 0 Å². The molecule has 2 aromatic rings. The second-order valence-corrected chi connectivity index (χ2v) is 6.95. The molecule has 0 saturated heterocycles. The molecule has 0 bridgehead atoms. The molecule has 3 rings (SSSR count). The molecule has 0 atom stereocenters. The Hall–Kier alpha value is -1.81. The minimum Gasteiger partial charge on any atom is -0.396 e. The minimum absolute atomic E-state index is 0.0431. The SMILES string of the molecule is CC(C)Cn1cc(C(=O)NCC2(CO)CC2)c2ccccc21. The average Bonchev–Trinajstić information content (AvgIpc) is 3.21. The number of nitrogens with one attached hydrogen (secondary N) is 1. The largest absolute Gasteiger partial charge is 0.396 e. The smallest absolute Gasteiger partial charge is 0.253 e. The van der Waals surface area contributed by atoms with Crippen LogP contribution in [0.15, 0.2) is 30.5 Å². The molecule has 1 aliphatic rings. The van der Waals surface area contributed by atoms with E-state index in [4.69, 9.17) is 0 Å². The molecule has 118 valence electrons. The van der Waals surface area contributed by atoms with E-state index in [9.17, 15) is 9.90 Å². The molecule has 1 heterocycles. The highest BCUT2D eigenvalue weighted by molar-refractivity contribution is 6.07. The second kappa shape index (κ2) is 5.76. The molecule has 1 aliphatic carbocycles. The maximum absolute atomic E-state index is 12.5. The fraction of sp³-hybridized carbons (Fsp3) is 0.500. The van der Waals surface area contributed by atoms with Gasteiger partial charge in [0.05, 0.1) is 12.2 Å². The Morgan fingerprint density at radius 1 is 1.36 bits per heavy atom. The molecule has 1 aromatic carbocycles. The van der Waals surface area contributed by atoms with Gasteiger partial charge in [-0.2, -0.15) is 0 Å². The first kappa shape index (κ1) is 15.1. The van der Waals surface area contributed by atoms with Gasteiger partial charge in [0.1, 0.15) is 0 Å². The van der Waals surface area contributed by atoms with Crippen molar-refractivity contribution in [2.75, 3.05) is 13.2 Å². The summed E-state index contributed by atoms with van der Waals surface area (Å²) in [6, 6.07) is 8.03. The molecule has 0 aliphatic heterocycles. The lowest BCUT2D eigenvalue weighted by molar-refractivity contribution is 0.0936. The Balaban J connectivity index is 1.84. The van der Waals surface area contributed by atoms with Gasteiger partial charge in [-0.15, -0.1) is 0 Å². The molecule has 4 nitrogen and oxygen atoms in total. The van der Waals surface area contributed by atoms with Gasteiger partial charge in [0, 0.05) is 35.6 Å². The maximum atomic E-state index is 12.5. The fourth-order valence-electron chi connectivity index (χ4n) is 2.90. The van der Waals surface area contributed by atoms with Crippen LogP contribution in [-0.4, -0.2) is 28.7 Å². The molecule has 4 heteroatoms. The molecule has 22 heavy (non-hydrogen) atoms. The summed E-state index contributed by atoms with van der Waals surface area (Å²) in [5.41, 5.74) is 1.76. The lowest BCUT2D eigenvalue weighted by Crippen LogP contribution is -2.31. The molecule has 1 aromatic heterocycles. The summed E-state index contributed by atoms with van der Waals surface area (Å²) in [6.07, 6.45) is 3.95. The standard InChI is InChI=1S/C18H24N2O2/c1-13(2)9-20-10-15(14-5-3-4-6-16(14)20)17(22)19-11-18(12-21)7-8-18/h3-6,10,13,21H,7-9,11-12H2,1-2H3,(H,19,22). The predicted octanol–water partition coefficient (Wildman–Crippen LogP) is 2.80. The number of fused-ring (bicyclic) bond motifs is 1. The van der Waals surface area contributed by atoms with Crippen LogP contribution in [0.4, 0.5) is 0 Å². The first-order valence-corrected chi connectivity index (χ1v) is 8.02. The molecular weight excluding hydrogens is 276 g/mol. The van der Waals surface area contributed by atoms with Gasteiger partial charge in [-0.05, 0) is 24.8 Å². The lowest BCUT2D eigenvalue weighted by Gasteiger charge is -2.12. The highest BCUT2D eigenvalue weighted by Crippen LogP contribution is 2.44. The average molecular weight is 300 g/mol. The van der Waals surface area contributed by atoms with Gasteiger partial charge in [0.25, 0.3) is 5.91 Å². The number of carbonyl (C=O) groups is 1. The van der Waals surface area contributed by atoms with Crippen LogP contribution in [0.1, 0.15) is 37.0 Å². The van der Waals surface area contributed by atoms with Crippen LogP contribution in [0.25, 0.3) is 10.9 Å². The van der Waals surface area contributed by atoms with E-state index in [1.54, 1.807) is 0 Å². The molecule has 1 amide bonds. The van der Waals surface area contributed by atoms with Crippen LogP contribution in [0, 0.1) is 11.3 Å². The summed E-state index contributed by atoms with van der Waals surface area (Å²) in [4.78, 5) is 12.5. The third kappa shape index (κ3) is 2.88. The zero-order valence-electron chi connectivity index (χ0n) is 13.3. The quantitative estimate of drug-likeness (QED) is 0.862. The van der Waals surface area contributed by atoms with E-state index in [-0.39, 0.29) is 17.9 Å². The van der Waals surface area contributed by atoms with Crippen molar-refractivity contribution in [2.24, 2.45) is 11.3 Å². The van der Waals surface area contributed by atoms with Gasteiger partial charge in [-0.25, -0.2) is 0 Å². The number of para-hydroxylation sites is 1. The van der Waals surface area contributed by atoms with Crippen molar-refractivity contribution in [1.29, 1.82) is 0 Å². The topological polar surface area (TPSA) is 54.3 Å². The van der Waals surface area contributed by atoms with Gasteiger partial charge in [0.15, 0.2) is 0 Å². The normalized spacial score (nSPS) is 16.2. The van der Waals surface area contributed by atoms with E-state index in [1.807, 2.05) is 24.4 Å². The predicted molar refractivity (Wildman–Crippen MR) is 87.9 cm³/mol. The first-order valence-electron chi connectivity index (χ1n) is 8.02. The number of nitrogens with zero attached hydrogens (tertiary/aromatic N) is 1. The minimum atomic E-state index is -0.0635. The summed E-state index contributed by atoms with van der Waals surface area (Å²) in [7, 11) is 0. The maximum Gasteiger partial charge on any atom is 0.253 e. The highest BCUT2D eigenvalue weighted by Gasteiger charge is 2.42. The van der Waals surface area contributed by atoms with Crippen molar-refractivity contribution >= 4 is 16.8 Å². The van der Waals surface area contributed by atoms with E-state index in [2.05, 4.69) is 29.8 Å². The third-order valence-corrected chi connectivity index (χ3v) is 4.51. The number of amides is 1. The number of benzene rings is 1. The number of hydrogen-bond acceptors (Lipinski definition) is 2. The Labute approximate surface area is 131 Å². The van der Waals surface area contributed by atoms with Crippen LogP contribution < -0.4 is 5.32 Å². The monoisotopic (exact) mass is 300 g/mol. The van der Waals surface area contributed by atoms with Crippen molar-refractivity contribution in [2.45, 2.75) is 33.2 Å². The summed E-state index contributed by atoms with van der Waals surface area (Å²) < 4.78 is 2.16. The first-order chi connectivity index (χ1) is 10.5.